The van der Waals surface area contributed by atoms with Gasteiger partial charge in [0.2, 0.25) is 5.56 Å². The van der Waals surface area contributed by atoms with Crippen molar-refractivity contribution in [3.8, 4) is 0 Å². The zero-order chi connectivity index (χ0) is 15.9. The van der Waals surface area contributed by atoms with Crippen LogP contribution in [0.2, 0.25) is 0 Å². The standard InChI is InChI=1S/C17H20N2O3/c1-11-9-19(10-17(2,3)22-11)16(21)13-8-15(20)18-14-7-5-4-6-12(13)14/h4-8,11H,9-10H2,1-3H3,(H,18,20)/t11-/m1/s1. The Kier molecular flexibility index (Phi) is 3.53. The van der Waals surface area contributed by atoms with Crippen LogP contribution in [0.1, 0.15) is 31.1 Å². The second-order valence-corrected chi connectivity index (χ2v) is 6.47. The fraction of sp³-hybridized carbons (Fsp3) is 0.412. The van der Waals surface area contributed by atoms with Crippen LogP contribution in [0, 0.1) is 0 Å². The Morgan fingerprint density at radius 1 is 1.36 bits per heavy atom. The summed E-state index contributed by atoms with van der Waals surface area (Å²) >= 11 is 0. The molecule has 1 atom stereocenters. The van der Waals surface area contributed by atoms with E-state index in [-0.39, 0.29) is 23.2 Å². The van der Waals surface area contributed by atoms with Gasteiger partial charge in [-0.25, -0.2) is 0 Å². The second-order valence-electron chi connectivity index (χ2n) is 6.47. The molecule has 1 aliphatic heterocycles. The first kappa shape index (κ1) is 14.8. The van der Waals surface area contributed by atoms with E-state index < -0.39 is 0 Å². The Balaban J connectivity index is 2.04. The molecule has 2 aromatic rings. The van der Waals surface area contributed by atoms with E-state index in [2.05, 4.69) is 4.98 Å². The van der Waals surface area contributed by atoms with Gasteiger partial charge in [0.25, 0.3) is 5.91 Å². The molecule has 1 aromatic heterocycles. The molecule has 1 aromatic carbocycles. The van der Waals surface area contributed by atoms with Crippen molar-refractivity contribution in [1.82, 2.24) is 9.88 Å². The third kappa shape index (κ3) is 2.76. The second kappa shape index (κ2) is 5.25. The molecule has 1 fully saturated rings. The van der Waals surface area contributed by atoms with Crippen molar-refractivity contribution in [3.05, 3.63) is 46.2 Å². The van der Waals surface area contributed by atoms with E-state index in [1.165, 1.54) is 6.07 Å². The fourth-order valence-corrected chi connectivity index (χ4v) is 3.16. The van der Waals surface area contributed by atoms with Gasteiger partial charge in [0.1, 0.15) is 0 Å². The lowest BCUT2D eigenvalue weighted by Crippen LogP contribution is -2.53. The van der Waals surface area contributed by atoms with Gasteiger partial charge in [-0.1, -0.05) is 18.2 Å². The molecule has 0 radical (unpaired) electrons. The molecule has 0 aliphatic carbocycles. The molecular weight excluding hydrogens is 280 g/mol. The van der Waals surface area contributed by atoms with Gasteiger partial charge >= 0.3 is 0 Å². The number of H-pyrrole nitrogens is 1. The van der Waals surface area contributed by atoms with Gasteiger partial charge in [-0.2, -0.15) is 0 Å². The number of benzene rings is 1. The molecule has 0 saturated carbocycles. The minimum Gasteiger partial charge on any atom is -0.369 e. The van der Waals surface area contributed by atoms with E-state index in [4.69, 9.17) is 4.74 Å². The van der Waals surface area contributed by atoms with Crippen molar-refractivity contribution in [2.24, 2.45) is 0 Å². The van der Waals surface area contributed by atoms with E-state index in [0.29, 0.717) is 24.2 Å². The highest BCUT2D eigenvalue weighted by Crippen LogP contribution is 2.24. The number of carbonyl (C=O) groups is 1. The lowest BCUT2D eigenvalue weighted by molar-refractivity contribution is -0.118. The minimum absolute atomic E-state index is 0.0269. The van der Waals surface area contributed by atoms with Crippen molar-refractivity contribution in [1.29, 1.82) is 0 Å². The van der Waals surface area contributed by atoms with Crippen LogP contribution >= 0.6 is 0 Å². The number of aromatic amines is 1. The summed E-state index contributed by atoms with van der Waals surface area (Å²) in [4.78, 5) is 29.3. The van der Waals surface area contributed by atoms with E-state index >= 15 is 0 Å². The van der Waals surface area contributed by atoms with Crippen LogP contribution in [0.25, 0.3) is 10.9 Å². The summed E-state index contributed by atoms with van der Waals surface area (Å²) in [6.45, 7) is 6.94. The summed E-state index contributed by atoms with van der Waals surface area (Å²) in [5.41, 5.74) is 0.482. The topological polar surface area (TPSA) is 62.4 Å². The molecule has 5 heteroatoms. The number of para-hydroxylation sites is 1. The number of aromatic nitrogens is 1. The van der Waals surface area contributed by atoms with Gasteiger partial charge in [-0.05, 0) is 26.8 Å². The number of rotatable bonds is 1. The molecule has 1 aliphatic rings. The van der Waals surface area contributed by atoms with E-state index in [1.807, 2.05) is 39.0 Å². The number of nitrogens with zero attached hydrogens (tertiary/aromatic N) is 1. The Labute approximate surface area is 128 Å². The maximum absolute atomic E-state index is 12.9. The summed E-state index contributed by atoms with van der Waals surface area (Å²) in [6, 6.07) is 8.75. The van der Waals surface area contributed by atoms with Crippen molar-refractivity contribution in [2.75, 3.05) is 13.1 Å². The van der Waals surface area contributed by atoms with Crippen LogP contribution in [0.3, 0.4) is 0 Å². The van der Waals surface area contributed by atoms with Gasteiger partial charge in [-0.15, -0.1) is 0 Å². The molecule has 1 N–H and O–H groups in total. The smallest absolute Gasteiger partial charge is 0.254 e. The Bertz CT molecular complexity index is 779. The highest BCUT2D eigenvalue weighted by molar-refractivity contribution is 6.06. The molecule has 5 nitrogen and oxygen atoms in total. The van der Waals surface area contributed by atoms with Crippen LogP contribution in [0.15, 0.2) is 35.1 Å². The van der Waals surface area contributed by atoms with Crippen LogP contribution in [0.4, 0.5) is 0 Å². The molecule has 1 amide bonds. The zero-order valence-electron chi connectivity index (χ0n) is 13.1. The predicted octanol–water partition coefficient (Wildman–Crippen LogP) is 2.17. The summed E-state index contributed by atoms with van der Waals surface area (Å²) in [6.07, 6.45) is -0.0269. The van der Waals surface area contributed by atoms with Crippen LogP contribution in [-0.2, 0) is 4.74 Å². The molecule has 1 saturated heterocycles. The SMILES string of the molecule is C[C@@H]1CN(C(=O)c2cc(=O)[nH]c3ccccc23)CC(C)(C)O1. The average Bonchev–Trinajstić information content (AvgIpc) is 2.43. The molecule has 0 spiro atoms. The summed E-state index contributed by atoms with van der Waals surface area (Å²) in [5.74, 6) is -0.120. The lowest BCUT2D eigenvalue weighted by Gasteiger charge is -2.41. The molecule has 116 valence electrons. The zero-order valence-corrected chi connectivity index (χ0v) is 13.1. The number of carbonyl (C=O) groups excluding carboxylic acids is 1. The van der Waals surface area contributed by atoms with Crippen LogP contribution in [0.5, 0.6) is 0 Å². The number of amides is 1. The van der Waals surface area contributed by atoms with Crippen LogP contribution in [-0.4, -0.2) is 40.6 Å². The quantitative estimate of drug-likeness (QED) is 0.878. The third-order valence-electron chi connectivity index (χ3n) is 3.84. The first-order valence-corrected chi connectivity index (χ1v) is 7.45. The maximum atomic E-state index is 12.9. The van der Waals surface area contributed by atoms with Crippen molar-refractivity contribution >= 4 is 16.8 Å². The number of hydrogen-bond donors (Lipinski definition) is 1. The Morgan fingerprint density at radius 3 is 2.82 bits per heavy atom. The first-order valence-electron chi connectivity index (χ1n) is 7.45. The van der Waals surface area contributed by atoms with Gasteiger partial charge in [-0.3, -0.25) is 9.59 Å². The minimum atomic E-state index is -0.385. The highest BCUT2D eigenvalue weighted by atomic mass is 16.5. The summed E-state index contributed by atoms with van der Waals surface area (Å²) in [7, 11) is 0. The number of fused-ring (bicyclic) bond motifs is 1. The van der Waals surface area contributed by atoms with Gasteiger partial charge in [0, 0.05) is 30.1 Å². The monoisotopic (exact) mass is 300 g/mol. The maximum Gasteiger partial charge on any atom is 0.254 e. The van der Waals surface area contributed by atoms with E-state index in [1.54, 1.807) is 11.0 Å². The molecular formula is C17H20N2O3. The molecule has 3 rings (SSSR count). The number of ether oxygens (including phenoxy) is 1. The lowest BCUT2D eigenvalue weighted by atomic mass is 10.0. The van der Waals surface area contributed by atoms with Gasteiger partial charge < -0.3 is 14.6 Å². The molecule has 22 heavy (non-hydrogen) atoms. The normalized spacial score (nSPS) is 21.0. The molecule has 2 heterocycles. The Morgan fingerprint density at radius 2 is 2.09 bits per heavy atom. The van der Waals surface area contributed by atoms with Gasteiger partial charge in [0.05, 0.1) is 17.3 Å². The number of pyridine rings is 1. The average molecular weight is 300 g/mol. The van der Waals surface area contributed by atoms with Crippen molar-refractivity contribution in [3.63, 3.8) is 0 Å². The predicted molar refractivity (Wildman–Crippen MR) is 85.1 cm³/mol. The molecule has 0 unspecified atom stereocenters. The first-order chi connectivity index (χ1) is 10.4. The van der Waals surface area contributed by atoms with Crippen molar-refractivity contribution < 1.29 is 9.53 Å². The van der Waals surface area contributed by atoms with Gasteiger partial charge in [0.15, 0.2) is 0 Å². The summed E-state index contributed by atoms with van der Waals surface area (Å²) < 4.78 is 5.84. The number of nitrogens with one attached hydrogen (secondary N) is 1. The number of hydrogen-bond acceptors (Lipinski definition) is 3. The van der Waals surface area contributed by atoms with E-state index in [0.717, 1.165) is 5.39 Å². The largest absolute Gasteiger partial charge is 0.369 e. The molecule has 0 bridgehead atoms. The van der Waals surface area contributed by atoms with E-state index in [9.17, 15) is 9.59 Å². The van der Waals surface area contributed by atoms with Crippen molar-refractivity contribution in [2.45, 2.75) is 32.5 Å². The number of morpholine rings is 1. The highest BCUT2D eigenvalue weighted by Gasteiger charge is 2.34. The summed E-state index contributed by atoms with van der Waals surface area (Å²) in [5, 5.41) is 0.768. The van der Waals surface area contributed by atoms with Crippen LogP contribution < -0.4 is 5.56 Å². The third-order valence-corrected chi connectivity index (χ3v) is 3.84. The fourth-order valence-electron chi connectivity index (χ4n) is 3.16. The Hall–Kier alpha value is -2.14.